The van der Waals surface area contributed by atoms with Crippen LogP contribution < -0.4 is 4.74 Å². The van der Waals surface area contributed by atoms with Crippen molar-refractivity contribution in [1.29, 1.82) is 0 Å². The molecule has 1 aliphatic rings. The van der Waals surface area contributed by atoms with E-state index in [1.807, 2.05) is 25.1 Å². The molecule has 2 atom stereocenters. The highest BCUT2D eigenvalue weighted by Gasteiger charge is 2.29. The highest BCUT2D eigenvalue weighted by molar-refractivity contribution is 6.30. The molecule has 2 aromatic carbocycles. The SMILES string of the molecule is Cc1ccc2c(c1)C(O)CC(c1ccc(Cl)cc1F)O2. The van der Waals surface area contributed by atoms with E-state index in [2.05, 4.69) is 0 Å². The maximum Gasteiger partial charge on any atom is 0.131 e. The number of halogens is 2. The second-order valence-corrected chi connectivity index (χ2v) is 5.50. The molecule has 0 aromatic heterocycles. The van der Waals surface area contributed by atoms with Crippen molar-refractivity contribution in [2.45, 2.75) is 25.6 Å². The lowest BCUT2D eigenvalue weighted by atomic mass is 9.94. The van der Waals surface area contributed by atoms with Crippen molar-refractivity contribution in [3.8, 4) is 5.75 Å². The van der Waals surface area contributed by atoms with Crippen molar-refractivity contribution in [3.63, 3.8) is 0 Å². The van der Waals surface area contributed by atoms with E-state index < -0.39 is 18.0 Å². The van der Waals surface area contributed by atoms with Crippen LogP contribution in [0.5, 0.6) is 5.75 Å². The van der Waals surface area contributed by atoms with Crippen LogP contribution in [0, 0.1) is 12.7 Å². The Kier molecular flexibility index (Phi) is 3.40. The number of fused-ring (bicyclic) bond motifs is 1. The highest BCUT2D eigenvalue weighted by Crippen LogP contribution is 2.41. The first-order valence-electron chi connectivity index (χ1n) is 6.45. The summed E-state index contributed by atoms with van der Waals surface area (Å²) in [5.41, 5.74) is 2.23. The Hall–Kier alpha value is -1.58. The summed E-state index contributed by atoms with van der Waals surface area (Å²) in [4.78, 5) is 0. The van der Waals surface area contributed by atoms with Gasteiger partial charge in [-0.1, -0.05) is 29.3 Å². The summed E-state index contributed by atoms with van der Waals surface area (Å²) < 4.78 is 19.8. The third-order valence-electron chi connectivity index (χ3n) is 3.54. The van der Waals surface area contributed by atoms with E-state index in [1.54, 1.807) is 12.1 Å². The van der Waals surface area contributed by atoms with Crippen LogP contribution in [-0.2, 0) is 0 Å². The van der Waals surface area contributed by atoms with Crippen LogP contribution in [0.3, 0.4) is 0 Å². The number of rotatable bonds is 1. The maximum absolute atomic E-state index is 14.0. The van der Waals surface area contributed by atoms with Crippen molar-refractivity contribution in [1.82, 2.24) is 0 Å². The lowest BCUT2D eigenvalue weighted by Gasteiger charge is -2.30. The van der Waals surface area contributed by atoms with Gasteiger partial charge < -0.3 is 9.84 Å². The van der Waals surface area contributed by atoms with Gasteiger partial charge in [-0.05, 0) is 31.2 Å². The Bertz CT molecular complexity index is 657. The zero-order valence-corrected chi connectivity index (χ0v) is 11.7. The van der Waals surface area contributed by atoms with Gasteiger partial charge in [-0.3, -0.25) is 0 Å². The van der Waals surface area contributed by atoms with Gasteiger partial charge in [0.2, 0.25) is 0 Å². The molecule has 0 saturated carbocycles. The van der Waals surface area contributed by atoms with Gasteiger partial charge in [0.15, 0.2) is 0 Å². The first-order valence-corrected chi connectivity index (χ1v) is 6.82. The van der Waals surface area contributed by atoms with Gasteiger partial charge >= 0.3 is 0 Å². The number of hydrogen-bond acceptors (Lipinski definition) is 2. The van der Waals surface area contributed by atoms with Gasteiger partial charge in [0.25, 0.3) is 0 Å². The van der Waals surface area contributed by atoms with Gasteiger partial charge in [-0.15, -0.1) is 0 Å². The molecule has 0 saturated heterocycles. The molecule has 0 bridgehead atoms. The molecule has 1 aliphatic heterocycles. The van der Waals surface area contributed by atoms with Crippen molar-refractivity contribution in [2.24, 2.45) is 0 Å². The molecule has 2 aromatic rings. The number of hydrogen-bond donors (Lipinski definition) is 1. The summed E-state index contributed by atoms with van der Waals surface area (Å²) in [6.07, 6.45) is -0.828. The predicted molar refractivity (Wildman–Crippen MR) is 75.5 cm³/mol. The molecule has 2 unspecified atom stereocenters. The molecule has 104 valence electrons. The van der Waals surface area contributed by atoms with Crippen molar-refractivity contribution in [3.05, 3.63) is 63.9 Å². The third kappa shape index (κ3) is 2.39. The van der Waals surface area contributed by atoms with Gasteiger partial charge in [0.1, 0.15) is 17.7 Å². The topological polar surface area (TPSA) is 29.5 Å². The first-order chi connectivity index (χ1) is 9.54. The molecular formula is C16H14ClFO2. The standard InChI is InChI=1S/C16H14ClFO2/c1-9-2-5-15-12(6-9)14(19)8-16(20-15)11-4-3-10(17)7-13(11)18/h2-7,14,16,19H,8H2,1H3. The lowest BCUT2D eigenvalue weighted by Crippen LogP contribution is -2.20. The number of ether oxygens (including phenoxy) is 1. The first kappa shape index (κ1) is 13.4. The van der Waals surface area contributed by atoms with Crippen LogP contribution in [0.2, 0.25) is 5.02 Å². The average molecular weight is 293 g/mol. The van der Waals surface area contributed by atoms with Crippen LogP contribution >= 0.6 is 11.6 Å². The van der Waals surface area contributed by atoms with E-state index in [1.165, 1.54) is 6.07 Å². The second-order valence-electron chi connectivity index (χ2n) is 5.07. The summed E-state index contributed by atoms with van der Waals surface area (Å²) in [7, 11) is 0. The van der Waals surface area contributed by atoms with Crippen molar-refractivity contribution >= 4 is 11.6 Å². The number of aliphatic hydroxyl groups excluding tert-OH is 1. The van der Waals surface area contributed by atoms with E-state index in [0.29, 0.717) is 22.8 Å². The maximum atomic E-state index is 14.0. The van der Waals surface area contributed by atoms with E-state index in [-0.39, 0.29) is 0 Å². The van der Waals surface area contributed by atoms with Crippen LogP contribution in [0.25, 0.3) is 0 Å². The van der Waals surface area contributed by atoms with Crippen LogP contribution in [-0.4, -0.2) is 5.11 Å². The predicted octanol–water partition coefficient (Wildman–Crippen LogP) is 4.34. The molecule has 2 nitrogen and oxygen atoms in total. The largest absolute Gasteiger partial charge is 0.485 e. The molecule has 0 radical (unpaired) electrons. The molecule has 0 aliphatic carbocycles. The Morgan fingerprint density at radius 2 is 2.00 bits per heavy atom. The molecule has 0 amide bonds. The molecule has 0 spiro atoms. The van der Waals surface area contributed by atoms with E-state index in [4.69, 9.17) is 16.3 Å². The van der Waals surface area contributed by atoms with Gasteiger partial charge in [-0.25, -0.2) is 4.39 Å². The summed E-state index contributed by atoms with van der Waals surface area (Å²) in [6.45, 7) is 1.96. The molecule has 0 fully saturated rings. The molecular weight excluding hydrogens is 279 g/mol. The minimum Gasteiger partial charge on any atom is -0.485 e. The Balaban J connectivity index is 1.97. The third-order valence-corrected chi connectivity index (χ3v) is 3.78. The normalized spacial score (nSPS) is 21.2. The fourth-order valence-electron chi connectivity index (χ4n) is 2.52. The molecule has 1 N–H and O–H groups in total. The Labute approximate surface area is 121 Å². The lowest BCUT2D eigenvalue weighted by molar-refractivity contribution is 0.0640. The van der Waals surface area contributed by atoms with Crippen molar-refractivity contribution < 1.29 is 14.2 Å². The van der Waals surface area contributed by atoms with Gasteiger partial charge in [0.05, 0.1) is 6.10 Å². The second kappa shape index (κ2) is 5.08. The number of aryl methyl sites for hydroxylation is 1. The van der Waals surface area contributed by atoms with Crippen LogP contribution in [0.4, 0.5) is 4.39 Å². The average Bonchev–Trinajstić information content (AvgIpc) is 2.39. The molecule has 1 heterocycles. The van der Waals surface area contributed by atoms with Gasteiger partial charge in [0, 0.05) is 22.6 Å². The molecule has 4 heteroatoms. The minimum atomic E-state index is -0.654. The van der Waals surface area contributed by atoms with E-state index >= 15 is 0 Å². The number of benzene rings is 2. The fraction of sp³-hybridized carbons (Fsp3) is 0.250. The van der Waals surface area contributed by atoms with E-state index in [0.717, 1.165) is 11.1 Å². The minimum absolute atomic E-state index is 0.328. The van der Waals surface area contributed by atoms with Crippen molar-refractivity contribution in [2.75, 3.05) is 0 Å². The smallest absolute Gasteiger partial charge is 0.131 e. The number of aliphatic hydroxyl groups is 1. The molecule has 3 rings (SSSR count). The summed E-state index contributed by atoms with van der Waals surface area (Å²) in [5.74, 6) is 0.193. The highest BCUT2D eigenvalue weighted by atomic mass is 35.5. The zero-order valence-electron chi connectivity index (χ0n) is 10.9. The van der Waals surface area contributed by atoms with Gasteiger partial charge in [-0.2, -0.15) is 0 Å². The van der Waals surface area contributed by atoms with Crippen LogP contribution in [0.1, 0.15) is 35.3 Å². The summed E-state index contributed by atoms with van der Waals surface area (Å²) >= 11 is 5.75. The zero-order chi connectivity index (χ0) is 14.3. The molecule has 20 heavy (non-hydrogen) atoms. The summed E-state index contributed by atoms with van der Waals surface area (Å²) in [6, 6.07) is 10.1. The summed E-state index contributed by atoms with van der Waals surface area (Å²) in [5, 5.41) is 10.6. The Morgan fingerprint density at radius 1 is 1.20 bits per heavy atom. The quantitative estimate of drug-likeness (QED) is 0.847. The Morgan fingerprint density at radius 3 is 2.75 bits per heavy atom. The van der Waals surface area contributed by atoms with Crippen LogP contribution in [0.15, 0.2) is 36.4 Å². The monoisotopic (exact) mass is 292 g/mol. The van der Waals surface area contributed by atoms with E-state index in [9.17, 15) is 9.50 Å². The fourth-order valence-corrected chi connectivity index (χ4v) is 2.68.